The van der Waals surface area contributed by atoms with Gasteiger partial charge in [-0.2, -0.15) is 0 Å². The molecular formula is C14H23NO. The number of nitrogens with one attached hydrogen (secondary N) is 1. The number of para-hydroxylation sites is 1. The minimum absolute atomic E-state index is 0.355. The maximum Gasteiger partial charge on any atom is 0.124 e. The lowest BCUT2D eigenvalue weighted by molar-refractivity contribution is 0.305. The summed E-state index contributed by atoms with van der Waals surface area (Å²) in [6.07, 6.45) is 1.04. The first-order valence-electron chi connectivity index (χ1n) is 6.09. The fourth-order valence-corrected chi connectivity index (χ4v) is 1.93. The molecule has 2 heteroatoms. The van der Waals surface area contributed by atoms with Crippen LogP contribution in [0, 0.1) is 5.92 Å². The number of ether oxygens (including phenoxy) is 1. The monoisotopic (exact) mass is 221 g/mol. The molecule has 1 atom stereocenters. The molecule has 0 saturated carbocycles. The van der Waals surface area contributed by atoms with Crippen LogP contribution >= 0.6 is 0 Å². The van der Waals surface area contributed by atoms with Gasteiger partial charge < -0.3 is 10.1 Å². The van der Waals surface area contributed by atoms with E-state index in [-0.39, 0.29) is 0 Å². The third-order valence-electron chi connectivity index (χ3n) is 2.69. The van der Waals surface area contributed by atoms with E-state index in [1.54, 1.807) is 0 Å². The normalized spacial score (nSPS) is 12.8. The van der Waals surface area contributed by atoms with Gasteiger partial charge in [0.25, 0.3) is 0 Å². The van der Waals surface area contributed by atoms with Crippen molar-refractivity contribution in [2.45, 2.75) is 33.2 Å². The Kier molecular flexibility index (Phi) is 5.33. The summed E-state index contributed by atoms with van der Waals surface area (Å²) < 4.78 is 5.78. The second-order valence-corrected chi connectivity index (χ2v) is 4.40. The van der Waals surface area contributed by atoms with Crippen LogP contribution in [0.4, 0.5) is 0 Å². The maximum absolute atomic E-state index is 5.78. The summed E-state index contributed by atoms with van der Waals surface area (Å²) in [5, 5.41) is 3.35. The lowest BCUT2D eigenvalue weighted by atomic mass is 9.95. The van der Waals surface area contributed by atoms with E-state index in [1.165, 1.54) is 5.56 Å². The SMILES string of the molecule is CCCOc1ccccc1C(NC)C(C)C. The Morgan fingerprint density at radius 1 is 1.25 bits per heavy atom. The van der Waals surface area contributed by atoms with Crippen molar-refractivity contribution in [2.24, 2.45) is 5.92 Å². The van der Waals surface area contributed by atoms with Crippen molar-refractivity contribution in [1.82, 2.24) is 5.32 Å². The number of hydrogen-bond acceptors (Lipinski definition) is 2. The van der Waals surface area contributed by atoms with Crippen LogP contribution in [0.25, 0.3) is 0 Å². The van der Waals surface area contributed by atoms with Gasteiger partial charge in [-0.05, 0) is 25.5 Å². The van der Waals surface area contributed by atoms with Crippen molar-refractivity contribution in [1.29, 1.82) is 0 Å². The summed E-state index contributed by atoms with van der Waals surface area (Å²) in [4.78, 5) is 0. The van der Waals surface area contributed by atoms with E-state index in [0.717, 1.165) is 18.8 Å². The number of rotatable bonds is 6. The second kappa shape index (κ2) is 6.54. The first-order chi connectivity index (χ1) is 7.70. The molecule has 0 radical (unpaired) electrons. The summed E-state index contributed by atoms with van der Waals surface area (Å²) in [6.45, 7) is 7.35. The van der Waals surface area contributed by atoms with E-state index in [9.17, 15) is 0 Å². The third kappa shape index (κ3) is 3.24. The van der Waals surface area contributed by atoms with E-state index in [1.807, 2.05) is 13.1 Å². The molecule has 0 spiro atoms. The Balaban J connectivity index is 2.91. The molecule has 1 N–H and O–H groups in total. The van der Waals surface area contributed by atoms with Gasteiger partial charge in [0.2, 0.25) is 0 Å². The zero-order chi connectivity index (χ0) is 12.0. The molecule has 0 fully saturated rings. The van der Waals surface area contributed by atoms with Gasteiger partial charge in [-0.1, -0.05) is 39.0 Å². The molecule has 0 heterocycles. The van der Waals surface area contributed by atoms with Crippen LogP contribution in [0.5, 0.6) is 5.75 Å². The van der Waals surface area contributed by atoms with Crippen LogP contribution in [0.3, 0.4) is 0 Å². The lowest BCUT2D eigenvalue weighted by Gasteiger charge is -2.23. The highest BCUT2D eigenvalue weighted by atomic mass is 16.5. The van der Waals surface area contributed by atoms with E-state index in [2.05, 4.69) is 44.3 Å². The molecule has 2 nitrogen and oxygen atoms in total. The van der Waals surface area contributed by atoms with Gasteiger partial charge in [0.15, 0.2) is 0 Å². The van der Waals surface area contributed by atoms with Crippen LogP contribution in [0.15, 0.2) is 24.3 Å². The molecule has 0 aromatic heterocycles. The van der Waals surface area contributed by atoms with Crippen LogP contribution < -0.4 is 10.1 Å². The predicted molar refractivity (Wildman–Crippen MR) is 68.9 cm³/mol. The average Bonchev–Trinajstić information content (AvgIpc) is 2.28. The standard InChI is InChI=1S/C14H23NO/c1-5-10-16-13-9-7-6-8-12(13)14(15-4)11(2)3/h6-9,11,14-15H,5,10H2,1-4H3. The van der Waals surface area contributed by atoms with Crippen LogP contribution in [0.2, 0.25) is 0 Å². The smallest absolute Gasteiger partial charge is 0.124 e. The molecule has 0 bridgehead atoms. The molecule has 16 heavy (non-hydrogen) atoms. The van der Waals surface area contributed by atoms with Gasteiger partial charge in [0, 0.05) is 11.6 Å². The van der Waals surface area contributed by atoms with E-state index >= 15 is 0 Å². The Morgan fingerprint density at radius 3 is 2.50 bits per heavy atom. The van der Waals surface area contributed by atoms with E-state index < -0.39 is 0 Å². The Hall–Kier alpha value is -1.02. The summed E-state index contributed by atoms with van der Waals surface area (Å²) in [5.41, 5.74) is 1.26. The summed E-state index contributed by atoms with van der Waals surface area (Å²) >= 11 is 0. The van der Waals surface area contributed by atoms with E-state index in [4.69, 9.17) is 4.74 Å². The van der Waals surface area contributed by atoms with Gasteiger partial charge >= 0.3 is 0 Å². The molecule has 1 aromatic carbocycles. The van der Waals surface area contributed by atoms with Crippen molar-refractivity contribution >= 4 is 0 Å². The summed E-state index contributed by atoms with van der Waals surface area (Å²) in [7, 11) is 2.00. The number of benzene rings is 1. The van der Waals surface area contributed by atoms with Gasteiger partial charge in [0.1, 0.15) is 5.75 Å². The van der Waals surface area contributed by atoms with Crippen molar-refractivity contribution in [2.75, 3.05) is 13.7 Å². The third-order valence-corrected chi connectivity index (χ3v) is 2.69. The molecule has 0 aliphatic heterocycles. The fourth-order valence-electron chi connectivity index (χ4n) is 1.93. The molecule has 0 amide bonds. The first kappa shape index (κ1) is 13.0. The highest BCUT2D eigenvalue weighted by Gasteiger charge is 2.17. The molecular weight excluding hydrogens is 198 g/mol. The zero-order valence-corrected chi connectivity index (χ0v) is 10.8. The van der Waals surface area contributed by atoms with Crippen molar-refractivity contribution in [3.05, 3.63) is 29.8 Å². The summed E-state index contributed by atoms with van der Waals surface area (Å²) in [6, 6.07) is 8.65. The molecule has 1 unspecified atom stereocenters. The number of hydrogen-bond donors (Lipinski definition) is 1. The molecule has 90 valence electrons. The maximum atomic E-state index is 5.78. The van der Waals surface area contributed by atoms with Gasteiger partial charge in [-0.25, -0.2) is 0 Å². The Morgan fingerprint density at radius 2 is 1.94 bits per heavy atom. The average molecular weight is 221 g/mol. The van der Waals surface area contributed by atoms with Crippen LogP contribution in [-0.4, -0.2) is 13.7 Å². The van der Waals surface area contributed by atoms with Crippen LogP contribution in [-0.2, 0) is 0 Å². The fraction of sp³-hybridized carbons (Fsp3) is 0.571. The largest absolute Gasteiger partial charge is 0.493 e. The topological polar surface area (TPSA) is 21.3 Å². The Bertz CT molecular complexity index is 309. The highest BCUT2D eigenvalue weighted by Crippen LogP contribution is 2.29. The van der Waals surface area contributed by atoms with Gasteiger partial charge in [0.05, 0.1) is 6.61 Å². The minimum Gasteiger partial charge on any atom is -0.493 e. The van der Waals surface area contributed by atoms with Crippen molar-refractivity contribution in [3.63, 3.8) is 0 Å². The van der Waals surface area contributed by atoms with Crippen molar-refractivity contribution in [3.8, 4) is 5.75 Å². The first-order valence-corrected chi connectivity index (χ1v) is 6.09. The molecule has 0 aliphatic carbocycles. The predicted octanol–water partition coefficient (Wildman–Crippen LogP) is 3.39. The highest BCUT2D eigenvalue weighted by molar-refractivity contribution is 5.36. The zero-order valence-electron chi connectivity index (χ0n) is 10.8. The molecule has 0 aliphatic rings. The van der Waals surface area contributed by atoms with Gasteiger partial charge in [-0.15, -0.1) is 0 Å². The molecule has 1 rings (SSSR count). The van der Waals surface area contributed by atoms with Crippen molar-refractivity contribution < 1.29 is 4.74 Å². The Labute approximate surface area is 99.0 Å². The quantitative estimate of drug-likeness (QED) is 0.795. The van der Waals surface area contributed by atoms with E-state index in [0.29, 0.717) is 12.0 Å². The van der Waals surface area contributed by atoms with Crippen LogP contribution in [0.1, 0.15) is 38.8 Å². The lowest BCUT2D eigenvalue weighted by Crippen LogP contribution is -2.22. The molecule has 0 saturated heterocycles. The molecule has 1 aromatic rings. The van der Waals surface area contributed by atoms with Gasteiger partial charge in [-0.3, -0.25) is 0 Å². The summed E-state index contributed by atoms with van der Waals surface area (Å²) in [5.74, 6) is 1.56. The minimum atomic E-state index is 0.355. The second-order valence-electron chi connectivity index (χ2n) is 4.40.